The highest BCUT2D eigenvalue weighted by molar-refractivity contribution is 6.11. The summed E-state index contributed by atoms with van der Waals surface area (Å²) in [6.07, 6.45) is 3.04. The molecular formula is C78H82N2O8. The summed E-state index contributed by atoms with van der Waals surface area (Å²) in [6, 6.07) is 72.7. The van der Waals surface area contributed by atoms with Crippen LogP contribution in [0.4, 0.5) is 17.1 Å². The number of para-hydroxylation sites is 2. The summed E-state index contributed by atoms with van der Waals surface area (Å²) in [5, 5.41) is 2.42. The Morgan fingerprint density at radius 1 is 0.318 bits per heavy atom. The van der Waals surface area contributed by atoms with Crippen LogP contribution in [-0.2, 0) is 48.7 Å². The van der Waals surface area contributed by atoms with Gasteiger partial charge < -0.3 is 47.4 Å². The summed E-state index contributed by atoms with van der Waals surface area (Å²) in [6.45, 7) is 10.8. The van der Waals surface area contributed by atoms with Crippen LogP contribution in [-0.4, -0.2) is 112 Å². The third-order valence-electron chi connectivity index (χ3n) is 18.3. The smallest absolute Gasteiger partial charge is 0.0700 e. The van der Waals surface area contributed by atoms with Gasteiger partial charge in [-0.3, -0.25) is 0 Å². The zero-order valence-corrected chi connectivity index (χ0v) is 51.9. The Hall–Kier alpha value is -7.74. The molecule has 2 aliphatic rings. The van der Waals surface area contributed by atoms with Crippen molar-refractivity contribution in [2.75, 3.05) is 113 Å². The summed E-state index contributed by atoms with van der Waals surface area (Å²) in [5.74, 6) is 0. The second-order valence-corrected chi connectivity index (χ2v) is 23.5. The molecule has 0 aliphatic heterocycles. The molecule has 0 saturated heterocycles. The number of aryl methyl sites for hydroxylation is 2. The zero-order chi connectivity index (χ0) is 60.5. The maximum atomic E-state index is 6.41. The first-order valence-electron chi connectivity index (χ1n) is 31.2. The molecule has 0 saturated carbocycles. The van der Waals surface area contributed by atoms with Gasteiger partial charge in [-0.1, -0.05) is 139 Å². The number of fused-ring (bicyclic) bond motifs is 9. The quantitative estimate of drug-likeness (QED) is 0.0409. The molecule has 0 bridgehead atoms. The molecule has 0 radical (unpaired) electrons. The van der Waals surface area contributed by atoms with Crippen LogP contribution in [0.3, 0.4) is 0 Å². The van der Waals surface area contributed by atoms with Crippen LogP contribution >= 0.6 is 0 Å². The number of ether oxygens (including phenoxy) is 8. The minimum Gasteiger partial charge on any atom is -0.382 e. The second kappa shape index (κ2) is 27.8. The molecule has 0 N–H and O–H groups in total. The molecule has 2 aliphatic carbocycles. The van der Waals surface area contributed by atoms with E-state index in [9.17, 15) is 0 Å². The van der Waals surface area contributed by atoms with Crippen molar-refractivity contribution in [3.05, 3.63) is 228 Å². The molecular weight excluding hydrogens is 1090 g/mol. The number of methoxy groups -OCH3 is 4. The Bertz CT molecular complexity index is 3840. The highest BCUT2D eigenvalue weighted by atomic mass is 16.5. The molecule has 0 atom stereocenters. The van der Waals surface area contributed by atoms with E-state index in [1.54, 1.807) is 28.4 Å². The fraction of sp³-hybridized carbons (Fsp3) is 0.308. The summed E-state index contributed by atoms with van der Waals surface area (Å²) in [7, 11) is 6.90. The maximum absolute atomic E-state index is 6.41. The number of hydrogen-bond donors (Lipinski definition) is 0. The monoisotopic (exact) mass is 1170 g/mol. The van der Waals surface area contributed by atoms with Crippen LogP contribution in [0.1, 0.15) is 59.1 Å². The van der Waals surface area contributed by atoms with Gasteiger partial charge in [0.1, 0.15) is 0 Å². The van der Waals surface area contributed by atoms with E-state index < -0.39 is 10.8 Å². The molecule has 10 heteroatoms. The molecule has 9 aromatic carbocycles. The Labute approximate surface area is 519 Å². The van der Waals surface area contributed by atoms with E-state index in [-0.39, 0.29) is 0 Å². The van der Waals surface area contributed by atoms with Crippen molar-refractivity contribution in [1.82, 2.24) is 4.57 Å². The van der Waals surface area contributed by atoms with Crippen molar-refractivity contribution in [2.45, 2.75) is 50.4 Å². The molecule has 10 nitrogen and oxygen atoms in total. The minimum atomic E-state index is -0.432. The number of anilines is 3. The summed E-state index contributed by atoms with van der Waals surface area (Å²) in [4.78, 5) is 2.50. The minimum absolute atomic E-state index is 0.432. The van der Waals surface area contributed by atoms with E-state index in [1.165, 1.54) is 77.4 Å². The molecule has 1 heterocycles. The number of benzene rings is 9. The van der Waals surface area contributed by atoms with Crippen LogP contribution in [0.25, 0.3) is 72.0 Å². The van der Waals surface area contributed by atoms with Crippen molar-refractivity contribution < 1.29 is 37.9 Å². The lowest BCUT2D eigenvalue weighted by molar-refractivity contribution is 0.0490. The van der Waals surface area contributed by atoms with Crippen molar-refractivity contribution in [2.24, 2.45) is 0 Å². The standard InChI is InChI=1S/C78H82N2O8/c1-55-21-27-64-66-30-25-61(53-73(66)77(71(64)49-55,33-37-85-45-41-81-3)34-38-86-46-42-82-4)79(62-26-31-67-65-28-22-56(2)50-72(65)78(74(67)54-62,35-39-87-47-43-83-5)36-40-88-48-44-84-6)60-24-29-63(69(52-60)57-15-9-7-10-16-57)58-23-32-76-70(51-58)68-19-13-14-20-75(68)80(76)59-17-11-8-12-18-59/h7-32,49-54H,33-48H2,1-6H3. The zero-order valence-electron chi connectivity index (χ0n) is 51.9. The van der Waals surface area contributed by atoms with E-state index in [4.69, 9.17) is 37.9 Å². The van der Waals surface area contributed by atoms with Crippen molar-refractivity contribution in [3.63, 3.8) is 0 Å². The molecule has 0 amide bonds. The Morgan fingerprint density at radius 3 is 1.22 bits per heavy atom. The number of aromatic nitrogens is 1. The highest BCUT2D eigenvalue weighted by Crippen LogP contribution is 2.57. The predicted octanol–water partition coefficient (Wildman–Crippen LogP) is 16.9. The largest absolute Gasteiger partial charge is 0.382 e. The summed E-state index contributed by atoms with van der Waals surface area (Å²) < 4.78 is 49.9. The van der Waals surface area contributed by atoms with E-state index in [0.717, 1.165) is 70.7 Å². The first-order valence-corrected chi connectivity index (χ1v) is 31.2. The van der Waals surface area contributed by atoms with Gasteiger partial charge in [0.2, 0.25) is 0 Å². The Balaban J connectivity index is 1.07. The first-order chi connectivity index (χ1) is 43.3. The molecule has 452 valence electrons. The average Bonchev–Trinajstić information content (AvgIpc) is 1.65. The van der Waals surface area contributed by atoms with Crippen LogP contribution in [0.2, 0.25) is 0 Å². The van der Waals surface area contributed by atoms with Gasteiger partial charge in [-0.05, 0) is 173 Å². The van der Waals surface area contributed by atoms with Crippen LogP contribution in [0, 0.1) is 13.8 Å². The third kappa shape index (κ3) is 12.0. The summed E-state index contributed by atoms with van der Waals surface area (Å²) >= 11 is 0. The van der Waals surface area contributed by atoms with Crippen molar-refractivity contribution in [1.29, 1.82) is 0 Å². The fourth-order valence-electron chi connectivity index (χ4n) is 14.0. The average molecular weight is 1180 g/mol. The van der Waals surface area contributed by atoms with E-state index >= 15 is 0 Å². The van der Waals surface area contributed by atoms with Crippen molar-refractivity contribution in [3.8, 4) is 50.2 Å². The fourth-order valence-corrected chi connectivity index (χ4v) is 14.0. The predicted molar refractivity (Wildman–Crippen MR) is 357 cm³/mol. The molecule has 0 unspecified atom stereocenters. The lowest BCUT2D eigenvalue weighted by Gasteiger charge is -2.35. The van der Waals surface area contributed by atoms with Crippen LogP contribution < -0.4 is 4.90 Å². The van der Waals surface area contributed by atoms with Crippen LogP contribution in [0.5, 0.6) is 0 Å². The van der Waals surface area contributed by atoms with E-state index in [1.807, 2.05) is 0 Å². The molecule has 0 spiro atoms. The van der Waals surface area contributed by atoms with Crippen LogP contribution in [0.15, 0.2) is 194 Å². The van der Waals surface area contributed by atoms with Gasteiger partial charge in [-0.15, -0.1) is 0 Å². The summed E-state index contributed by atoms with van der Waals surface area (Å²) in [5.41, 5.74) is 22.9. The number of nitrogens with zero attached hydrogens (tertiary/aromatic N) is 2. The van der Waals surface area contributed by atoms with Gasteiger partial charge in [0.15, 0.2) is 0 Å². The molecule has 0 fully saturated rings. The van der Waals surface area contributed by atoms with Crippen molar-refractivity contribution >= 4 is 38.9 Å². The van der Waals surface area contributed by atoms with Gasteiger partial charge in [-0.25, -0.2) is 0 Å². The van der Waals surface area contributed by atoms with Gasteiger partial charge in [0.25, 0.3) is 0 Å². The lowest BCUT2D eigenvalue weighted by atomic mass is 9.72. The number of hydrogen-bond acceptors (Lipinski definition) is 9. The normalized spacial score (nSPS) is 13.5. The lowest BCUT2D eigenvalue weighted by Crippen LogP contribution is -2.30. The van der Waals surface area contributed by atoms with Gasteiger partial charge >= 0.3 is 0 Å². The molecule has 1 aromatic heterocycles. The second-order valence-electron chi connectivity index (χ2n) is 23.5. The van der Waals surface area contributed by atoms with Gasteiger partial charge in [0, 0.05) is 99.2 Å². The van der Waals surface area contributed by atoms with Gasteiger partial charge in [-0.2, -0.15) is 0 Å². The SMILES string of the molecule is COCCOCCC1(CCOCCOC)c2cc(C)ccc2-c2ccc(N(c3ccc(-c4ccc5c(c4)c4ccccc4n5-c4ccccc4)c(-c4ccccc4)c3)c3ccc4c(c3)C(CCOCCOC)(CCOCCOC)c3cc(C)ccc3-4)cc21. The Morgan fingerprint density at radius 2 is 0.727 bits per heavy atom. The first kappa shape index (κ1) is 60.5. The highest BCUT2D eigenvalue weighted by Gasteiger charge is 2.45. The van der Waals surface area contributed by atoms with E-state index in [0.29, 0.717) is 79.3 Å². The topological polar surface area (TPSA) is 82.0 Å². The van der Waals surface area contributed by atoms with E-state index in [2.05, 4.69) is 217 Å². The third-order valence-corrected chi connectivity index (χ3v) is 18.3. The van der Waals surface area contributed by atoms with Gasteiger partial charge in [0.05, 0.1) is 63.9 Å². The maximum Gasteiger partial charge on any atom is 0.0700 e. The molecule has 88 heavy (non-hydrogen) atoms. The molecule has 12 rings (SSSR count). The Kier molecular flexibility index (Phi) is 19.1. The number of rotatable bonds is 30. The molecule has 10 aromatic rings.